The Morgan fingerprint density at radius 1 is 1.12 bits per heavy atom. The maximum Gasteiger partial charge on any atom is 0.335 e. The first kappa shape index (κ1) is 16.6. The second-order valence-corrected chi connectivity index (χ2v) is 6.83. The molecular weight excluding hydrogens is 326 g/mol. The lowest BCUT2D eigenvalue weighted by atomic mass is 9.89. The number of aromatic nitrogens is 1. The number of methoxy groups -OCH3 is 1. The van der Waals surface area contributed by atoms with Gasteiger partial charge in [0.2, 0.25) is 0 Å². The molecule has 1 aliphatic rings. The van der Waals surface area contributed by atoms with Gasteiger partial charge in [-0.3, -0.25) is 4.98 Å². The van der Waals surface area contributed by atoms with E-state index in [-0.39, 0.29) is 0 Å². The second kappa shape index (κ2) is 6.79. The summed E-state index contributed by atoms with van der Waals surface area (Å²) >= 11 is 0. The summed E-state index contributed by atoms with van der Waals surface area (Å²) in [6.07, 6.45) is 6.27. The Morgan fingerprint density at radius 3 is 2.65 bits per heavy atom. The fourth-order valence-corrected chi connectivity index (χ4v) is 4.01. The Morgan fingerprint density at radius 2 is 1.92 bits per heavy atom. The molecule has 0 aliphatic heterocycles. The van der Waals surface area contributed by atoms with Gasteiger partial charge in [0.15, 0.2) is 0 Å². The first-order valence-corrected chi connectivity index (χ1v) is 8.98. The molecule has 1 saturated carbocycles. The number of pyridine rings is 1. The largest absolute Gasteiger partial charge is 0.497 e. The Kier molecular flexibility index (Phi) is 4.33. The molecule has 4 rings (SSSR count). The number of rotatable bonds is 4. The second-order valence-electron chi connectivity index (χ2n) is 6.83. The lowest BCUT2D eigenvalue weighted by Gasteiger charge is -2.16. The standard InChI is InChI=1S/C22H21NO3/c1-26-16-7-9-18-17(10-11-23-21(18)13-16)15-6-8-19(22(24)25)20(12-15)14-4-2-3-5-14/h6-14H,2-5H2,1H3,(H,24,25). The number of hydrogen-bond acceptors (Lipinski definition) is 3. The molecule has 0 bridgehead atoms. The fraction of sp³-hybridized carbons (Fsp3) is 0.273. The van der Waals surface area contributed by atoms with Crippen molar-refractivity contribution in [2.24, 2.45) is 0 Å². The molecule has 0 unspecified atom stereocenters. The van der Waals surface area contributed by atoms with Crippen LogP contribution in [-0.2, 0) is 0 Å². The lowest BCUT2D eigenvalue weighted by Crippen LogP contribution is -2.06. The Bertz CT molecular complexity index is 974. The minimum absolute atomic E-state index is 0.342. The molecule has 4 heteroatoms. The monoisotopic (exact) mass is 347 g/mol. The van der Waals surface area contributed by atoms with Gasteiger partial charge in [-0.1, -0.05) is 18.9 Å². The Labute approximate surface area is 152 Å². The van der Waals surface area contributed by atoms with Crippen LogP contribution in [0.1, 0.15) is 47.5 Å². The molecule has 2 aromatic carbocycles. The van der Waals surface area contributed by atoms with Gasteiger partial charge in [0.25, 0.3) is 0 Å². The summed E-state index contributed by atoms with van der Waals surface area (Å²) in [5, 5.41) is 10.6. The molecule has 0 amide bonds. The summed E-state index contributed by atoms with van der Waals surface area (Å²) in [6.45, 7) is 0. The SMILES string of the molecule is COc1ccc2c(-c3ccc(C(=O)O)c(C4CCCC4)c3)ccnc2c1. The van der Waals surface area contributed by atoms with Crippen molar-refractivity contribution in [2.75, 3.05) is 7.11 Å². The van der Waals surface area contributed by atoms with Gasteiger partial charge in [0.05, 0.1) is 18.2 Å². The van der Waals surface area contributed by atoms with E-state index in [0.717, 1.165) is 46.2 Å². The van der Waals surface area contributed by atoms with E-state index in [0.29, 0.717) is 11.5 Å². The minimum atomic E-state index is -0.845. The lowest BCUT2D eigenvalue weighted by molar-refractivity contribution is 0.0695. The average molecular weight is 347 g/mol. The van der Waals surface area contributed by atoms with E-state index in [1.54, 1.807) is 19.4 Å². The van der Waals surface area contributed by atoms with Gasteiger partial charge in [0.1, 0.15) is 5.75 Å². The van der Waals surface area contributed by atoms with E-state index >= 15 is 0 Å². The molecule has 0 spiro atoms. The summed E-state index contributed by atoms with van der Waals surface area (Å²) in [5.74, 6) is 0.270. The predicted molar refractivity (Wildman–Crippen MR) is 102 cm³/mol. The number of benzene rings is 2. The molecule has 0 radical (unpaired) electrons. The minimum Gasteiger partial charge on any atom is -0.497 e. The zero-order valence-corrected chi connectivity index (χ0v) is 14.7. The highest BCUT2D eigenvalue weighted by Gasteiger charge is 2.23. The zero-order chi connectivity index (χ0) is 18.1. The number of fused-ring (bicyclic) bond motifs is 1. The van der Waals surface area contributed by atoms with Gasteiger partial charge < -0.3 is 9.84 Å². The van der Waals surface area contributed by atoms with Crippen molar-refractivity contribution in [3.8, 4) is 16.9 Å². The molecule has 26 heavy (non-hydrogen) atoms. The Hall–Kier alpha value is -2.88. The third-order valence-electron chi connectivity index (χ3n) is 5.34. The average Bonchev–Trinajstić information content (AvgIpc) is 3.21. The first-order valence-electron chi connectivity index (χ1n) is 8.98. The quantitative estimate of drug-likeness (QED) is 0.699. The van der Waals surface area contributed by atoms with Crippen molar-refractivity contribution in [3.63, 3.8) is 0 Å². The van der Waals surface area contributed by atoms with E-state index in [1.165, 1.54) is 12.8 Å². The van der Waals surface area contributed by atoms with Crippen LogP contribution in [0, 0.1) is 0 Å². The van der Waals surface area contributed by atoms with Crippen LogP contribution in [0.25, 0.3) is 22.0 Å². The normalized spacial score (nSPS) is 14.7. The third-order valence-corrected chi connectivity index (χ3v) is 5.34. The zero-order valence-electron chi connectivity index (χ0n) is 14.7. The summed E-state index contributed by atoms with van der Waals surface area (Å²) < 4.78 is 5.29. The number of nitrogens with zero attached hydrogens (tertiary/aromatic N) is 1. The molecule has 1 fully saturated rings. The number of ether oxygens (including phenoxy) is 1. The number of hydrogen-bond donors (Lipinski definition) is 1. The smallest absolute Gasteiger partial charge is 0.335 e. The number of carboxylic acids is 1. The summed E-state index contributed by atoms with van der Waals surface area (Å²) in [6, 6.07) is 13.6. The van der Waals surface area contributed by atoms with Gasteiger partial charge in [-0.2, -0.15) is 0 Å². The van der Waals surface area contributed by atoms with E-state index in [2.05, 4.69) is 11.1 Å². The third kappa shape index (κ3) is 2.92. The number of carbonyl (C=O) groups is 1. The summed E-state index contributed by atoms with van der Waals surface area (Å²) in [7, 11) is 1.64. The van der Waals surface area contributed by atoms with Gasteiger partial charge >= 0.3 is 5.97 Å². The molecule has 1 aliphatic carbocycles. The molecule has 0 saturated heterocycles. The molecule has 1 N–H and O–H groups in total. The highest BCUT2D eigenvalue weighted by molar-refractivity contribution is 5.96. The van der Waals surface area contributed by atoms with Crippen LogP contribution >= 0.6 is 0 Å². The molecule has 1 aromatic heterocycles. The van der Waals surface area contributed by atoms with Gasteiger partial charge in [-0.05, 0) is 65.8 Å². The first-order chi connectivity index (χ1) is 12.7. The van der Waals surface area contributed by atoms with Crippen molar-refractivity contribution in [1.82, 2.24) is 4.98 Å². The van der Waals surface area contributed by atoms with Crippen LogP contribution < -0.4 is 4.74 Å². The highest BCUT2D eigenvalue weighted by atomic mass is 16.5. The van der Waals surface area contributed by atoms with E-state index in [4.69, 9.17) is 4.74 Å². The van der Waals surface area contributed by atoms with E-state index in [1.807, 2.05) is 30.3 Å². The predicted octanol–water partition coefficient (Wildman–Crippen LogP) is 5.27. The fourth-order valence-electron chi connectivity index (χ4n) is 4.01. The van der Waals surface area contributed by atoms with Crippen LogP contribution in [0.4, 0.5) is 0 Å². The van der Waals surface area contributed by atoms with Gasteiger partial charge in [0, 0.05) is 17.6 Å². The van der Waals surface area contributed by atoms with E-state index in [9.17, 15) is 9.90 Å². The summed E-state index contributed by atoms with van der Waals surface area (Å²) in [4.78, 5) is 16.1. The molecule has 1 heterocycles. The molecule has 4 nitrogen and oxygen atoms in total. The topological polar surface area (TPSA) is 59.4 Å². The Balaban J connectivity index is 1.86. The van der Waals surface area contributed by atoms with Crippen LogP contribution in [0.5, 0.6) is 5.75 Å². The van der Waals surface area contributed by atoms with Crippen molar-refractivity contribution < 1.29 is 14.6 Å². The van der Waals surface area contributed by atoms with Crippen LogP contribution in [-0.4, -0.2) is 23.2 Å². The number of carboxylic acid groups (broad SMARTS) is 1. The van der Waals surface area contributed by atoms with Crippen LogP contribution in [0.3, 0.4) is 0 Å². The molecular formula is C22H21NO3. The maximum atomic E-state index is 11.7. The highest BCUT2D eigenvalue weighted by Crippen LogP contribution is 2.39. The van der Waals surface area contributed by atoms with Crippen molar-refractivity contribution >= 4 is 16.9 Å². The molecule has 132 valence electrons. The maximum absolute atomic E-state index is 11.7. The van der Waals surface area contributed by atoms with Crippen molar-refractivity contribution in [3.05, 3.63) is 59.8 Å². The molecule has 0 atom stereocenters. The summed E-state index contributed by atoms with van der Waals surface area (Å²) in [5.41, 5.74) is 4.36. The van der Waals surface area contributed by atoms with Crippen LogP contribution in [0.15, 0.2) is 48.7 Å². The molecule has 3 aromatic rings. The van der Waals surface area contributed by atoms with Gasteiger partial charge in [-0.15, -0.1) is 0 Å². The van der Waals surface area contributed by atoms with Crippen molar-refractivity contribution in [2.45, 2.75) is 31.6 Å². The number of aromatic carboxylic acids is 1. The van der Waals surface area contributed by atoms with Crippen molar-refractivity contribution in [1.29, 1.82) is 0 Å². The van der Waals surface area contributed by atoms with Gasteiger partial charge in [-0.25, -0.2) is 4.79 Å². The van der Waals surface area contributed by atoms with E-state index < -0.39 is 5.97 Å². The van der Waals surface area contributed by atoms with Crippen LogP contribution in [0.2, 0.25) is 0 Å².